The van der Waals surface area contributed by atoms with Gasteiger partial charge < -0.3 is 10.6 Å². The van der Waals surface area contributed by atoms with Crippen molar-refractivity contribution in [3.63, 3.8) is 0 Å². The summed E-state index contributed by atoms with van der Waals surface area (Å²) >= 11 is 5.17. The lowest BCUT2D eigenvalue weighted by atomic mass is 9.99. The molecule has 0 bridgehead atoms. The second-order valence-electron chi connectivity index (χ2n) is 4.77. The average molecular weight is 342 g/mol. The van der Waals surface area contributed by atoms with Crippen molar-refractivity contribution in [3.8, 4) is 10.7 Å². The van der Waals surface area contributed by atoms with E-state index in [2.05, 4.69) is 36.0 Å². The summed E-state index contributed by atoms with van der Waals surface area (Å²) < 4.78 is 1.05. The molecule has 1 saturated heterocycles. The van der Waals surface area contributed by atoms with Gasteiger partial charge in [-0.15, -0.1) is 16.4 Å². The zero-order valence-electron chi connectivity index (χ0n) is 10.5. The fourth-order valence-corrected chi connectivity index (χ4v) is 3.90. The lowest BCUT2D eigenvalue weighted by Gasteiger charge is -2.31. The minimum Gasteiger partial charge on any atom is -0.339 e. The van der Waals surface area contributed by atoms with E-state index in [1.807, 2.05) is 11.4 Å². The van der Waals surface area contributed by atoms with Gasteiger partial charge in [0.2, 0.25) is 5.95 Å². The van der Waals surface area contributed by atoms with Gasteiger partial charge in [-0.05, 0) is 52.7 Å². The first-order chi connectivity index (χ1) is 9.28. The molecule has 3 N–H and O–H groups in total. The van der Waals surface area contributed by atoms with Crippen LogP contribution >= 0.6 is 27.3 Å². The smallest absolute Gasteiger partial charge is 0.245 e. The van der Waals surface area contributed by atoms with Gasteiger partial charge in [0.15, 0.2) is 5.82 Å². The molecule has 19 heavy (non-hydrogen) atoms. The predicted octanol–water partition coefficient (Wildman–Crippen LogP) is 2.47. The highest BCUT2D eigenvalue weighted by molar-refractivity contribution is 9.10. The Kier molecular flexibility index (Phi) is 3.86. The van der Waals surface area contributed by atoms with Crippen molar-refractivity contribution < 1.29 is 0 Å². The highest BCUT2D eigenvalue weighted by Crippen LogP contribution is 2.32. The molecule has 102 valence electrons. The van der Waals surface area contributed by atoms with Crippen LogP contribution in [0.5, 0.6) is 0 Å². The number of aromatic nitrogens is 3. The number of nitrogens with one attached hydrogen (secondary N) is 1. The molecule has 0 amide bonds. The number of hydrogen-bond acceptors (Lipinski definition) is 5. The molecular formula is C12H16BrN5S. The molecule has 5 nitrogen and oxygen atoms in total. The van der Waals surface area contributed by atoms with Crippen LogP contribution in [-0.4, -0.2) is 34.8 Å². The average Bonchev–Trinajstić information content (AvgIpc) is 3.07. The van der Waals surface area contributed by atoms with E-state index in [4.69, 9.17) is 5.73 Å². The van der Waals surface area contributed by atoms with Crippen molar-refractivity contribution in [2.45, 2.75) is 12.8 Å². The molecule has 1 atom stereocenters. The number of rotatable bonds is 3. The Morgan fingerprint density at radius 1 is 1.58 bits per heavy atom. The number of thiophene rings is 1. The Bertz CT molecular complexity index is 552. The van der Waals surface area contributed by atoms with E-state index < -0.39 is 0 Å². The van der Waals surface area contributed by atoms with Gasteiger partial charge in [0.25, 0.3) is 0 Å². The van der Waals surface area contributed by atoms with E-state index in [1.54, 1.807) is 11.3 Å². The van der Waals surface area contributed by atoms with Crippen LogP contribution in [0.3, 0.4) is 0 Å². The summed E-state index contributed by atoms with van der Waals surface area (Å²) in [6, 6.07) is 2.02. The zero-order chi connectivity index (χ0) is 13.2. The summed E-state index contributed by atoms with van der Waals surface area (Å²) in [5, 5.41) is 9.40. The Morgan fingerprint density at radius 3 is 3.21 bits per heavy atom. The van der Waals surface area contributed by atoms with Gasteiger partial charge in [-0.3, -0.25) is 5.10 Å². The highest BCUT2D eigenvalue weighted by Gasteiger charge is 2.22. The van der Waals surface area contributed by atoms with Gasteiger partial charge in [-0.2, -0.15) is 4.98 Å². The quantitative estimate of drug-likeness (QED) is 0.899. The molecule has 0 radical (unpaired) electrons. The molecule has 1 unspecified atom stereocenters. The molecule has 1 fully saturated rings. The molecule has 3 rings (SSSR count). The summed E-state index contributed by atoms with van der Waals surface area (Å²) in [4.78, 5) is 7.92. The van der Waals surface area contributed by atoms with Crippen LogP contribution < -0.4 is 10.6 Å². The molecular weight excluding hydrogens is 326 g/mol. The SMILES string of the molecule is NCC1CCCN(c2n[nH]c(-c3sccc3Br)n2)C1. The number of halogens is 1. The van der Waals surface area contributed by atoms with Gasteiger partial charge in [0.05, 0.1) is 4.88 Å². The number of hydrogen-bond donors (Lipinski definition) is 2. The third-order valence-electron chi connectivity index (χ3n) is 3.44. The summed E-state index contributed by atoms with van der Waals surface area (Å²) in [6.45, 7) is 2.71. The number of piperidine rings is 1. The van der Waals surface area contributed by atoms with E-state index in [9.17, 15) is 0 Å². The number of H-pyrrole nitrogens is 1. The van der Waals surface area contributed by atoms with Crippen molar-refractivity contribution in [3.05, 3.63) is 15.9 Å². The zero-order valence-corrected chi connectivity index (χ0v) is 12.9. The molecule has 1 aliphatic heterocycles. The normalized spacial score (nSPS) is 19.9. The minimum atomic E-state index is 0.559. The Hall–Kier alpha value is -0.920. The van der Waals surface area contributed by atoms with Gasteiger partial charge >= 0.3 is 0 Å². The fraction of sp³-hybridized carbons (Fsp3) is 0.500. The summed E-state index contributed by atoms with van der Waals surface area (Å²) in [5.41, 5.74) is 5.77. The van der Waals surface area contributed by atoms with Gasteiger partial charge in [-0.25, -0.2) is 0 Å². The Balaban J connectivity index is 1.79. The van der Waals surface area contributed by atoms with Crippen molar-refractivity contribution in [1.29, 1.82) is 0 Å². The van der Waals surface area contributed by atoms with Crippen LogP contribution in [0, 0.1) is 5.92 Å². The maximum Gasteiger partial charge on any atom is 0.245 e. The first-order valence-electron chi connectivity index (χ1n) is 6.38. The summed E-state index contributed by atoms with van der Waals surface area (Å²) in [7, 11) is 0. The first kappa shape index (κ1) is 13.1. The lowest BCUT2D eigenvalue weighted by molar-refractivity contribution is 0.420. The first-order valence-corrected chi connectivity index (χ1v) is 8.06. The number of nitrogens with zero attached hydrogens (tertiary/aromatic N) is 3. The lowest BCUT2D eigenvalue weighted by Crippen LogP contribution is -2.38. The standard InChI is InChI=1S/C12H16BrN5S/c13-9-3-5-19-10(9)11-15-12(17-16-11)18-4-1-2-8(6-14)7-18/h3,5,8H,1-2,4,6-7,14H2,(H,15,16,17). The fourth-order valence-electron chi connectivity index (χ4n) is 2.40. The van der Waals surface area contributed by atoms with Crippen molar-refractivity contribution in [2.24, 2.45) is 11.7 Å². The van der Waals surface area contributed by atoms with Crippen LogP contribution in [0.15, 0.2) is 15.9 Å². The molecule has 0 saturated carbocycles. The van der Waals surface area contributed by atoms with E-state index in [0.29, 0.717) is 5.92 Å². The van der Waals surface area contributed by atoms with Crippen LogP contribution in [0.2, 0.25) is 0 Å². The summed E-state index contributed by atoms with van der Waals surface area (Å²) in [6.07, 6.45) is 2.37. The van der Waals surface area contributed by atoms with E-state index in [0.717, 1.165) is 47.2 Å². The highest BCUT2D eigenvalue weighted by atomic mass is 79.9. The molecule has 1 aliphatic rings. The maximum atomic E-state index is 5.77. The molecule has 2 aromatic rings. The predicted molar refractivity (Wildman–Crippen MR) is 81.4 cm³/mol. The molecule has 0 aliphatic carbocycles. The summed E-state index contributed by atoms with van der Waals surface area (Å²) in [5.74, 6) is 2.17. The topological polar surface area (TPSA) is 70.8 Å². The van der Waals surface area contributed by atoms with E-state index >= 15 is 0 Å². The largest absolute Gasteiger partial charge is 0.339 e. The molecule has 0 aromatic carbocycles. The van der Waals surface area contributed by atoms with Crippen LogP contribution in [-0.2, 0) is 0 Å². The monoisotopic (exact) mass is 341 g/mol. The molecule has 2 aromatic heterocycles. The van der Waals surface area contributed by atoms with Crippen LogP contribution in [0.4, 0.5) is 5.95 Å². The molecule has 7 heteroatoms. The number of aromatic amines is 1. The van der Waals surface area contributed by atoms with Gasteiger partial charge in [0, 0.05) is 17.6 Å². The second kappa shape index (κ2) is 5.60. The third-order valence-corrected chi connectivity index (χ3v) is 5.29. The Morgan fingerprint density at radius 2 is 2.47 bits per heavy atom. The molecule has 3 heterocycles. The Labute approximate surface area is 124 Å². The number of nitrogens with two attached hydrogens (primary N) is 1. The van der Waals surface area contributed by atoms with Gasteiger partial charge in [0.1, 0.15) is 0 Å². The molecule has 0 spiro atoms. The second-order valence-corrected chi connectivity index (χ2v) is 6.54. The van der Waals surface area contributed by atoms with E-state index in [1.165, 1.54) is 6.42 Å². The maximum absolute atomic E-state index is 5.77. The number of anilines is 1. The van der Waals surface area contributed by atoms with Crippen molar-refractivity contribution in [2.75, 3.05) is 24.5 Å². The van der Waals surface area contributed by atoms with E-state index in [-0.39, 0.29) is 0 Å². The van der Waals surface area contributed by atoms with Crippen LogP contribution in [0.1, 0.15) is 12.8 Å². The third kappa shape index (κ3) is 2.68. The van der Waals surface area contributed by atoms with Crippen molar-refractivity contribution in [1.82, 2.24) is 15.2 Å². The van der Waals surface area contributed by atoms with Crippen LogP contribution in [0.25, 0.3) is 10.7 Å². The minimum absolute atomic E-state index is 0.559. The van der Waals surface area contributed by atoms with Crippen molar-refractivity contribution >= 4 is 33.2 Å². The van der Waals surface area contributed by atoms with Gasteiger partial charge in [-0.1, -0.05) is 0 Å².